The molecule has 1 fully saturated rings. The molecular formula is C13H18ClN3O. The van der Waals surface area contributed by atoms with Gasteiger partial charge in [-0.1, -0.05) is 11.6 Å². The van der Waals surface area contributed by atoms with Gasteiger partial charge < -0.3 is 10.6 Å². The van der Waals surface area contributed by atoms with Gasteiger partial charge in [0.25, 0.3) is 0 Å². The fraction of sp³-hybridized carbons (Fsp3) is 0.462. The van der Waals surface area contributed by atoms with Gasteiger partial charge in [0.2, 0.25) is 0 Å². The number of halogens is 1. The number of nitrogen functional groups attached to an aromatic ring is 1. The molecule has 5 heteroatoms. The minimum Gasteiger partial charge on any atom is -0.399 e. The van der Waals surface area contributed by atoms with E-state index in [1.165, 1.54) is 0 Å². The van der Waals surface area contributed by atoms with Crippen molar-refractivity contribution >= 4 is 29.0 Å². The number of benzene rings is 1. The number of urea groups is 1. The Morgan fingerprint density at radius 1 is 1.28 bits per heavy atom. The lowest BCUT2D eigenvalue weighted by Gasteiger charge is -2.31. The van der Waals surface area contributed by atoms with Crippen molar-refractivity contribution in [3.05, 3.63) is 23.2 Å². The van der Waals surface area contributed by atoms with Gasteiger partial charge in [0, 0.05) is 24.3 Å². The monoisotopic (exact) mass is 267 g/mol. The second-order valence-electron chi connectivity index (χ2n) is 5.47. The summed E-state index contributed by atoms with van der Waals surface area (Å²) in [7, 11) is 0. The number of nitrogens with two attached hydrogens (primary N) is 1. The molecule has 0 atom stereocenters. The highest BCUT2D eigenvalue weighted by Gasteiger charge is 2.36. The van der Waals surface area contributed by atoms with Gasteiger partial charge in [-0.05, 0) is 39.0 Å². The molecule has 1 saturated heterocycles. The molecule has 2 N–H and O–H groups in total. The van der Waals surface area contributed by atoms with E-state index in [9.17, 15) is 4.79 Å². The number of anilines is 2. The highest BCUT2D eigenvalue weighted by atomic mass is 35.5. The van der Waals surface area contributed by atoms with Crippen LogP contribution < -0.4 is 10.6 Å². The van der Waals surface area contributed by atoms with Crippen LogP contribution in [0.5, 0.6) is 0 Å². The number of hydrogen-bond acceptors (Lipinski definition) is 2. The minimum absolute atomic E-state index is 0.00540. The number of nitrogens with zero attached hydrogens (tertiary/aromatic N) is 2. The maximum absolute atomic E-state index is 12.4. The molecule has 98 valence electrons. The first-order valence-corrected chi connectivity index (χ1v) is 6.32. The molecular weight excluding hydrogens is 250 g/mol. The lowest BCUT2D eigenvalue weighted by molar-refractivity contribution is 0.173. The van der Waals surface area contributed by atoms with Crippen molar-refractivity contribution < 1.29 is 4.79 Å². The fourth-order valence-corrected chi connectivity index (χ4v) is 2.42. The van der Waals surface area contributed by atoms with Crippen molar-refractivity contribution in [2.45, 2.75) is 26.3 Å². The lowest BCUT2D eigenvalue weighted by Crippen LogP contribution is -2.44. The van der Waals surface area contributed by atoms with Crippen LogP contribution in [0.25, 0.3) is 0 Å². The Labute approximate surface area is 112 Å². The van der Waals surface area contributed by atoms with E-state index in [1.807, 2.05) is 25.7 Å². The molecule has 1 aromatic rings. The van der Waals surface area contributed by atoms with E-state index >= 15 is 0 Å². The SMILES string of the molecule is CC(C)(C)N1CCN(c2ccc(N)cc2Cl)C1=O. The second kappa shape index (κ2) is 4.35. The van der Waals surface area contributed by atoms with Crippen LogP contribution in [0.15, 0.2) is 18.2 Å². The van der Waals surface area contributed by atoms with E-state index in [4.69, 9.17) is 17.3 Å². The Balaban J connectivity index is 2.29. The topological polar surface area (TPSA) is 49.6 Å². The smallest absolute Gasteiger partial charge is 0.325 e. The zero-order valence-electron chi connectivity index (χ0n) is 10.9. The summed E-state index contributed by atoms with van der Waals surface area (Å²) in [4.78, 5) is 15.9. The van der Waals surface area contributed by atoms with Crippen molar-refractivity contribution in [1.82, 2.24) is 4.90 Å². The highest BCUT2D eigenvalue weighted by Crippen LogP contribution is 2.32. The Morgan fingerprint density at radius 3 is 2.44 bits per heavy atom. The number of carbonyl (C=O) groups excluding carboxylic acids is 1. The van der Waals surface area contributed by atoms with Gasteiger partial charge in [-0.15, -0.1) is 0 Å². The normalized spacial score (nSPS) is 16.6. The summed E-state index contributed by atoms with van der Waals surface area (Å²) in [6.45, 7) is 7.44. The van der Waals surface area contributed by atoms with E-state index in [2.05, 4.69) is 0 Å². The summed E-state index contributed by atoms with van der Waals surface area (Å²) in [5.41, 5.74) is 6.81. The van der Waals surface area contributed by atoms with Crippen molar-refractivity contribution in [2.24, 2.45) is 0 Å². The molecule has 1 aliphatic heterocycles. The molecule has 1 heterocycles. The molecule has 2 rings (SSSR count). The Bertz CT molecular complexity index is 482. The predicted molar refractivity (Wildman–Crippen MR) is 75.1 cm³/mol. The van der Waals surface area contributed by atoms with Gasteiger partial charge in [0.15, 0.2) is 0 Å². The van der Waals surface area contributed by atoms with E-state index in [0.29, 0.717) is 23.8 Å². The van der Waals surface area contributed by atoms with Gasteiger partial charge >= 0.3 is 6.03 Å². The first-order valence-electron chi connectivity index (χ1n) is 5.95. The van der Waals surface area contributed by atoms with Crippen LogP contribution in [0.1, 0.15) is 20.8 Å². The maximum Gasteiger partial charge on any atom is 0.325 e. The fourth-order valence-electron chi connectivity index (χ4n) is 2.12. The molecule has 0 unspecified atom stereocenters. The van der Waals surface area contributed by atoms with Gasteiger partial charge in [-0.3, -0.25) is 4.90 Å². The zero-order valence-corrected chi connectivity index (χ0v) is 11.7. The van der Waals surface area contributed by atoms with Crippen molar-refractivity contribution in [1.29, 1.82) is 0 Å². The van der Waals surface area contributed by atoms with Crippen LogP contribution in [0.3, 0.4) is 0 Å². The summed E-state index contributed by atoms with van der Waals surface area (Å²) in [6.07, 6.45) is 0. The second-order valence-corrected chi connectivity index (χ2v) is 5.87. The van der Waals surface area contributed by atoms with E-state index < -0.39 is 0 Å². The zero-order chi connectivity index (χ0) is 13.5. The minimum atomic E-state index is -0.174. The maximum atomic E-state index is 12.4. The van der Waals surface area contributed by atoms with E-state index in [-0.39, 0.29) is 11.6 Å². The van der Waals surface area contributed by atoms with Crippen LogP contribution in [0.4, 0.5) is 16.2 Å². The lowest BCUT2D eigenvalue weighted by atomic mass is 10.1. The Hall–Kier alpha value is -1.42. The summed E-state index contributed by atoms with van der Waals surface area (Å²) < 4.78 is 0. The van der Waals surface area contributed by atoms with E-state index in [0.717, 1.165) is 5.69 Å². The predicted octanol–water partition coefficient (Wildman–Crippen LogP) is 2.96. The number of carbonyl (C=O) groups is 1. The van der Waals surface area contributed by atoms with Gasteiger partial charge in [0.05, 0.1) is 10.7 Å². The number of hydrogen-bond donors (Lipinski definition) is 1. The van der Waals surface area contributed by atoms with E-state index in [1.54, 1.807) is 23.1 Å². The molecule has 0 aliphatic carbocycles. The van der Waals surface area contributed by atoms with Crippen molar-refractivity contribution in [2.75, 3.05) is 23.7 Å². The van der Waals surface area contributed by atoms with Crippen LogP contribution in [-0.4, -0.2) is 29.6 Å². The standard InChI is InChI=1S/C13H18ClN3O/c1-13(2,3)17-7-6-16(12(17)18)11-5-4-9(15)8-10(11)14/h4-5,8H,6-7,15H2,1-3H3. The summed E-state index contributed by atoms with van der Waals surface area (Å²) in [5, 5.41) is 0.513. The number of amides is 2. The van der Waals surface area contributed by atoms with Crippen LogP contribution >= 0.6 is 11.6 Å². The van der Waals surface area contributed by atoms with Crippen LogP contribution in [-0.2, 0) is 0 Å². The van der Waals surface area contributed by atoms with Crippen LogP contribution in [0.2, 0.25) is 5.02 Å². The van der Waals surface area contributed by atoms with Crippen molar-refractivity contribution in [3.8, 4) is 0 Å². The average Bonchev–Trinajstić information content (AvgIpc) is 2.60. The Morgan fingerprint density at radius 2 is 1.94 bits per heavy atom. The largest absolute Gasteiger partial charge is 0.399 e. The third kappa shape index (κ3) is 2.25. The Kier molecular flexibility index (Phi) is 3.15. The molecule has 0 aromatic heterocycles. The summed E-state index contributed by atoms with van der Waals surface area (Å²) in [6, 6.07) is 5.22. The number of rotatable bonds is 1. The third-order valence-electron chi connectivity index (χ3n) is 3.08. The van der Waals surface area contributed by atoms with Crippen molar-refractivity contribution in [3.63, 3.8) is 0 Å². The average molecular weight is 268 g/mol. The molecule has 2 amide bonds. The molecule has 4 nitrogen and oxygen atoms in total. The molecule has 18 heavy (non-hydrogen) atoms. The first kappa shape index (κ1) is 13.0. The van der Waals surface area contributed by atoms with Gasteiger partial charge in [-0.2, -0.15) is 0 Å². The van der Waals surface area contributed by atoms with Gasteiger partial charge in [-0.25, -0.2) is 4.79 Å². The molecule has 1 aromatic carbocycles. The van der Waals surface area contributed by atoms with Gasteiger partial charge in [0.1, 0.15) is 0 Å². The first-order chi connectivity index (χ1) is 8.30. The molecule has 0 bridgehead atoms. The molecule has 0 saturated carbocycles. The quantitative estimate of drug-likeness (QED) is 0.796. The summed E-state index contributed by atoms with van der Waals surface area (Å²) in [5.74, 6) is 0. The molecule has 0 spiro atoms. The molecule has 0 radical (unpaired) electrons. The molecule has 1 aliphatic rings. The highest BCUT2D eigenvalue weighted by molar-refractivity contribution is 6.34. The summed E-state index contributed by atoms with van der Waals surface area (Å²) >= 11 is 6.14. The third-order valence-corrected chi connectivity index (χ3v) is 3.38. The van der Waals surface area contributed by atoms with Crippen LogP contribution in [0, 0.1) is 0 Å².